The Hall–Kier alpha value is -4.71. The van der Waals surface area contributed by atoms with E-state index in [2.05, 4.69) is 48.9 Å². The Bertz CT molecular complexity index is 2830. The van der Waals surface area contributed by atoms with Crippen molar-refractivity contribution in [2.75, 3.05) is 0 Å². The van der Waals surface area contributed by atoms with Crippen LogP contribution >= 0.6 is 11.3 Å². The fourth-order valence-electron chi connectivity index (χ4n) is 6.48. The van der Waals surface area contributed by atoms with Gasteiger partial charge >= 0.3 is 0 Å². The summed E-state index contributed by atoms with van der Waals surface area (Å²) in [5.41, 5.74) is 7.10. The zero-order chi connectivity index (χ0) is 38.5. The van der Waals surface area contributed by atoms with E-state index >= 15 is 0 Å². The third kappa shape index (κ3) is 6.80. The van der Waals surface area contributed by atoms with E-state index in [0.717, 1.165) is 75.8 Å². The van der Waals surface area contributed by atoms with Gasteiger partial charge in [-0.25, -0.2) is 0 Å². The van der Waals surface area contributed by atoms with Crippen molar-refractivity contribution in [3.8, 4) is 22.5 Å². The summed E-state index contributed by atoms with van der Waals surface area (Å²) in [6, 6.07) is 46.0. The van der Waals surface area contributed by atoms with E-state index in [1.54, 1.807) is 23.6 Å². The molecule has 6 heteroatoms. The van der Waals surface area contributed by atoms with E-state index in [1.807, 2.05) is 116 Å². The molecule has 0 aliphatic heterocycles. The first-order valence-corrected chi connectivity index (χ1v) is 21.3. The first-order chi connectivity index (χ1) is 26.3. The molecule has 259 valence electrons. The van der Waals surface area contributed by atoms with Gasteiger partial charge in [0.2, 0.25) is 0 Å². The number of para-hydroxylation sites is 1. The van der Waals surface area contributed by atoms with Crippen LogP contribution in [0, 0.1) is 19.0 Å². The van der Waals surface area contributed by atoms with Crippen LogP contribution in [0.25, 0.3) is 64.6 Å². The molecular weight excluding hydrogens is 849 g/mol. The third-order valence-corrected chi connectivity index (χ3v) is 12.5. The van der Waals surface area contributed by atoms with Crippen molar-refractivity contribution < 1.29 is 30.0 Å². The molecular formula is C46H38IrN2OSSi-2. The number of nitrogens with zero attached hydrogens (tertiary/aromatic N) is 2. The van der Waals surface area contributed by atoms with E-state index in [0.29, 0.717) is 5.56 Å². The van der Waals surface area contributed by atoms with Crippen LogP contribution in [0.4, 0.5) is 0 Å². The Morgan fingerprint density at radius 3 is 2.31 bits per heavy atom. The van der Waals surface area contributed by atoms with Gasteiger partial charge in [-0.3, -0.25) is 0 Å². The van der Waals surface area contributed by atoms with Crippen molar-refractivity contribution >= 4 is 66.7 Å². The predicted molar refractivity (Wildman–Crippen MR) is 219 cm³/mol. The SMILES string of the molecule is [2H]C(C)(c1ccccc1)c1ccnc(-c2[c-]ccc3c2oc2ccccc23)c1.[2H]C([2H])([2H])c1c[c-]c(-c2ccc([Si](C)(C)C)cn2)c2sc3ccccc3c12.[Ir]. The van der Waals surface area contributed by atoms with Gasteiger partial charge in [0.25, 0.3) is 0 Å². The molecule has 1 unspecified atom stereocenters. The molecule has 0 bridgehead atoms. The molecule has 9 aromatic rings. The second-order valence-corrected chi connectivity index (χ2v) is 19.8. The third-order valence-electron chi connectivity index (χ3n) is 9.33. The number of furan rings is 1. The molecule has 0 saturated carbocycles. The van der Waals surface area contributed by atoms with Crippen LogP contribution in [0.3, 0.4) is 0 Å². The van der Waals surface area contributed by atoms with Gasteiger partial charge in [-0.05, 0) is 56.0 Å². The Balaban J connectivity index is 0.000000169. The van der Waals surface area contributed by atoms with E-state index in [4.69, 9.17) is 14.9 Å². The molecule has 0 N–H and O–H groups in total. The van der Waals surface area contributed by atoms with Crippen molar-refractivity contribution in [2.24, 2.45) is 0 Å². The normalized spacial score (nSPS) is 14.1. The topological polar surface area (TPSA) is 38.9 Å². The number of aryl methyl sites for hydroxylation is 1. The molecule has 9 rings (SSSR count). The summed E-state index contributed by atoms with van der Waals surface area (Å²) in [6.45, 7) is 6.63. The molecule has 0 spiro atoms. The molecule has 0 saturated heterocycles. The monoisotopic (exact) mass is 891 g/mol. The molecule has 0 amide bonds. The number of benzene rings is 5. The summed E-state index contributed by atoms with van der Waals surface area (Å²) in [7, 11) is -1.42. The fraction of sp³-hybridized carbons (Fsp3) is 0.130. The molecule has 0 aliphatic rings. The number of hydrogen-bond donors (Lipinski definition) is 0. The molecule has 5 aromatic carbocycles. The standard InChI is InChI=1S/C25H18NO.C21H20NSSi.Ir/c1-17(18-8-3-2-4-9-18)19-14-15-26-23(16-19)22-12-7-11-21-20-10-5-6-13-24(20)27-25(21)22;1-14-9-11-16(18-12-10-15(13-22-18)24(2,3)4)21-20(14)17-7-5-6-8-19(17)23-21;/h2-11,13-17H,1H3;5-10,12-13H,1-4H3;/q2*-1;/i17D;1D3;. The average molecular weight is 891 g/mol. The molecule has 52 heavy (non-hydrogen) atoms. The summed E-state index contributed by atoms with van der Waals surface area (Å²) in [4.78, 5) is 9.26. The summed E-state index contributed by atoms with van der Waals surface area (Å²) < 4.78 is 41.0. The van der Waals surface area contributed by atoms with Crippen molar-refractivity contribution in [2.45, 2.75) is 39.3 Å². The zero-order valence-electron chi connectivity index (χ0n) is 33.2. The van der Waals surface area contributed by atoms with Gasteiger partial charge < -0.3 is 14.4 Å². The molecule has 3 nitrogen and oxygen atoms in total. The molecule has 1 atom stereocenters. The van der Waals surface area contributed by atoms with Crippen LogP contribution in [0.5, 0.6) is 0 Å². The Morgan fingerprint density at radius 2 is 1.54 bits per heavy atom. The van der Waals surface area contributed by atoms with Crippen LogP contribution in [0.15, 0.2) is 138 Å². The van der Waals surface area contributed by atoms with Crippen molar-refractivity contribution in [3.63, 3.8) is 0 Å². The summed E-state index contributed by atoms with van der Waals surface area (Å²) >= 11 is 1.61. The number of rotatable bonds is 5. The first-order valence-electron chi connectivity index (χ1n) is 19.0. The fourth-order valence-corrected chi connectivity index (χ4v) is 8.75. The number of fused-ring (bicyclic) bond motifs is 6. The van der Waals surface area contributed by atoms with Crippen LogP contribution in [-0.4, -0.2) is 18.0 Å². The summed E-state index contributed by atoms with van der Waals surface area (Å²) in [5, 5.41) is 5.22. The largest absolute Gasteiger partial charge is 0.501 e. The van der Waals surface area contributed by atoms with Gasteiger partial charge in [-0.1, -0.05) is 135 Å². The number of hydrogen-bond acceptors (Lipinski definition) is 4. The van der Waals surface area contributed by atoms with E-state index in [-0.39, 0.29) is 20.1 Å². The first kappa shape index (κ1) is 30.9. The van der Waals surface area contributed by atoms with Crippen molar-refractivity contribution in [1.82, 2.24) is 9.97 Å². The maximum absolute atomic E-state index is 8.96. The number of pyridine rings is 2. The van der Waals surface area contributed by atoms with Crippen LogP contribution < -0.4 is 5.19 Å². The van der Waals surface area contributed by atoms with E-state index < -0.39 is 20.8 Å². The number of thiophene rings is 1. The summed E-state index contributed by atoms with van der Waals surface area (Å²) in [5.74, 6) is -0.874. The average Bonchev–Trinajstić information content (AvgIpc) is 3.77. The van der Waals surface area contributed by atoms with Crippen LogP contribution in [0.1, 0.15) is 35.0 Å². The maximum Gasteiger partial charge on any atom is 0.120 e. The smallest absolute Gasteiger partial charge is 0.120 e. The van der Waals surface area contributed by atoms with Crippen LogP contribution in [0.2, 0.25) is 19.6 Å². The summed E-state index contributed by atoms with van der Waals surface area (Å²) in [6.07, 6.45) is 3.72. The molecule has 0 fully saturated rings. The Morgan fingerprint density at radius 1 is 0.769 bits per heavy atom. The van der Waals surface area contributed by atoms with E-state index in [1.165, 1.54) is 5.19 Å². The van der Waals surface area contributed by atoms with Gasteiger partial charge in [-0.15, -0.1) is 41.5 Å². The predicted octanol–water partition coefficient (Wildman–Crippen LogP) is 12.4. The second-order valence-electron chi connectivity index (χ2n) is 13.7. The molecule has 4 heterocycles. The maximum atomic E-state index is 8.96. The van der Waals surface area contributed by atoms with Gasteiger partial charge in [-0.2, -0.15) is 11.3 Å². The minimum Gasteiger partial charge on any atom is -0.501 e. The van der Waals surface area contributed by atoms with Crippen molar-refractivity contribution in [1.29, 1.82) is 0 Å². The molecule has 4 aromatic heterocycles. The molecule has 1 radical (unpaired) electrons. The van der Waals surface area contributed by atoms with E-state index in [9.17, 15) is 0 Å². The second kappa shape index (κ2) is 14.7. The quantitative estimate of drug-likeness (QED) is 0.128. The van der Waals surface area contributed by atoms with Crippen LogP contribution in [-0.2, 0) is 20.1 Å². The minimum absolute atomic E-state index is 0. The Labute approximate surface area is 329 Å². The zero-order valence-corrected chi connectivity index (χ0v) is 33.5. The van der Waals surface area contributed by atoms with Gasteiger partial charge in [0.1, 0.15) is 5.58 Å². The molecule has 0 aliphatic carbocycles. The van der Waals surface area contributed by atoms with Gasteiger partial charge in [0.15, 0.2) is 0 Å². The van der Waals surface area contributed by atoms with Gasteiger partial charge in [0, 0.05) is 54.0 Å². The Kier molecular flexibility index (Phi) is 8.74. The minimum atomic E-state index is -2.17. The number of aromatic nitrogens is 2. The van der Waals surface area contributed by atoms with Gasteiger partial charge in [0.05, 0.1) is 13.7 Å². The van der Waals surface area contributed by atoms with Crippen molar-refractivity contribution in [3.05, 3.63) is 163 Å².